The average molecular weight is 865 g/mol. The van der Waals surface area contributed by atoms with Gasteiger partial charge < -0.3 is 0 Å². The predicted molar refractivity (Wildman–Crippen MR) is 269 cm³/mol. The molecule has 0 fully saturated rings. The van der Waals surface area contributed by atoms with Gasteiger partial charge in [0.25, 0.3) is 0 Å². The van der Waals surface area contributed by atoms with Gasteiger partial charge in [-0.05, 0) is 0 Å². The zero-order valence-electron chi connectivity index (χ0n) is 41.0. The van der Waals surface area contributed by atoms with E-state index in [4.69, 9.17) is 3.97 Å². The van der Waals surface area contributed by atoms with Gasteiger partial charge in [-0.3, -0.25) is 0 Å². The molecule has 0 amide bonds. The second-order valence-electron chi connectivity index (χ2n) is 19.2. The molecule has 0 unspecified atom stereocenters. The van der Waals surface area contributed by atoms with E-state index in [2.05, 4.69) is 47.6 Å². The van der Waals surface area contributed by atoms with Crippen molar-refractivity contribution < 1.29 is 12.4 Å². The molecule has 0 heterocycles. The van der Waals surface area contributed by atoms with Gasteiger partial charge in [0.15, 0.2) is 0 Å². The fraction of sp³-hybridized carbons (Fsp3) is 0.889. The fourth-order valence-electron chi connectivity index (χ4n) is 9.69. The zero-order valence-corrected chi connectivity index (χ0v) is 42.7. The molecule has 0 aliphatic rings. The maximum atomic E-state index is 14.9. The van der Waals surface area contributed by atoms with Crippen LogP contribution < -0.4 is 0 Å². The minimum Gasteiger partial charge on any atom is -0.0654 e. The summed E-state index contributed by atoms with van der Waals surface area (Å²) in [5.41, 5.74) is 2.35. The van der Waals surface area contributed by atoms with E-state index in [1.807, 2.05) is 12.1 Å². The average Bonchev–Trinajstić information content (AvgIpc) is 3.24. The number of hydrogen-bond donors (Lipinski definition) is 0. The Morgan fingerprint density at radius 1 is 0.390 bits per heavy atom. The van der Waals surface area contributed by atoms with Crippen LogP contribution in [0.3, 0.4) is 0 Å². The Balaban J connectivity index is 2.90. The van der Waals surface area contributed by atoms with Gasteiger partial charge in [-0.15, -0.1) is 0 Å². The molecule has 0 aliphatic heterocycles. The van der Waals surface area contributed by atoms with Crippen molar-refractivity contribution >= 4 is 16.9 Å². The number of aryl methyl sites for hydroxylation is 1. The second-order valence-corrected chi connectivity index (χ2v) is 26.9. The van der Waals surface area contributed by atoms with Gasteiger partial charge in [0.05, 0.1) is 0 Å². The number of unbranched alkanes of at least 4 members (excludes halogenated alkanes) is 31. The van der Waals surface area contributed by atoms with Crippen LogP contribution in [0.1, 0.15) is 284 Å². The van der Waals surface area contributed by atoms with Crippen molar-refractivity contribution in [2.24, 2.45) is 0 Å². The van der Waals surface area contributed by atoms with Gasteiger partial charge in [-0.25, -0.2) is 0 Å². The van der Waals surface area contributed by atoms with E-state index in [1.165, 1.54) is 185 Å². The van der Waals surface area contributed by atoms with E-state index in [0.29, 0.717) is 4.90 Å². The van der Waals surface area contributed by atoms with Gasteiger partial charge >= 0.3 is 251 Å². The molecule has 0 saturated carbocycles. The summed E-state index contributed by atoms with van der Waals surface area (Å²) in [7, 11) is -3.91. The third-order valence-electron chi connectivity index (χ3n) is 13.9. The molecule has 0 spiro atoms. The summed E-state index contributed by atoms with van der Waals surface area (Å²) in [6, 6.07) is 6.18. The van der Waals surface area contributed by atoms with Gasteiger partial charge in [-0.2, -0.15) is 0 Å². The van der Waals surface area contributed by atoms with Crippen LogP contribution in [0.25, 0.3) is 0 Å². The molecule has 1 aromatic rings. The van der Waals surface area contributed by atoms with Crippen LogP contribution in [0.2, 0.25) is 0 Å². The first-order valence-electron chi connectivity index (χ1n) is 26.8. The number of benzene rings is 1. The molecule has 0 atom stereocenters. The Hall–Kier alpha value is -0.440. The summed E-state index contributed by atoms with van der Waals surface area (Å²) in [6.07, 6.45) is 52.6. The van der Waals surface area contributed by atoms with Crippen molar-refractivity contribution in [1.82, 2.24) is 0 Å². The molecule has 59 heavy (non-hydrogen) atoms. The normalized spacial score (nSPS) is 12.9. The van der Waals surface area contributed by atoms with Gasteiger partial charge in [0.1, 0.15) is 0 Å². The van der Waals surface area contributed by atoms with Crippen molar-refractivity contribution in [2.45, 2.75) is 290 Å². The molecule has 3 nitrogen and oxygen atoms in total. The van der Waals surface area contributed by atoms with E-state index in [1.54, 1.807) is 0 Å². The summed E-state index contributed by atoms with van der Waals surface area (Å²) in [6.45, 7) is 10.6. The van der Waals surface area contributed by atoms with Crippen LogP contribution in [-0.2, 0) is 26.9 Å². The third kappa shape index (κ3) is 26.1. The smallest absolute Gasteiger partial charge is 0.0654 e. The SMILES string of the molecule is CCCCCCCCCCCCCCCCCc1cccc(S(=O)(=O)OP(CC)(CCCC)(CCCC)CCCC)c1CCCCCCCCCCCCCCCCC. The van der Waals surface area contributed by atoms with Crippen LogP contribution in [0.5, 0.6) is 0 Å². The van der Waals surface area contributed by atoms with Crippen molar-refractivity contribution in [1.29, 1.82) is 0 Å². The molecule has 0 saturated heterocycles. The summed E-state index contributed by atoms with van der Waals surface area (Å²) >= 11 is 0. The molecular formula is C54H105O3PS. The van der Waals surface area contributed by atoms with Crippen molar-refractivity contribution in [3.05, 3.63) is 29.3 Å². The first kappa shape index (κ1) is 56.6. The second kappa shape index (κ2) is 37.0. The van der Waals surface area contributed by atoms with Crippen molar-refractivity contribution in [2.75, 3.05) is 24.6 Å². The summed E-state index contributed by atoms with van der Waals surface area (Å²) < 4.78 is 36.7. The zero-order chi connectivity index (χ0) is 43.2. The Bertz CT molecular complexity index is 1170. The van der Waals surface area contributed by atoms with E-state index in [0.717, 1.165) is 94.4 Å². The Morgan fingerprint density at radius 2 is 0.695 bits per heavy atom. The predicted octanol–water partition coefficient (Wildman–Crippen LogP) is 19.1. The summed E-state index contributed by atoms with van der Waals surface area (Å²) in [4.78, 5) is 0.508. The summed E-state index contributed by atoms with van der Waals surface area (Å²) in [5.74, 6) is 0. The molecule has 0 aliphatic carbocycles. The minimum atomic E-state index is -3.91. The Labute approximate surface area is 372 Å². The van der Waals surface area contributed by atoms with E-state index < -0.39 is 16.9 Å². The fourth-order valence-corrected chi connectivity index (χ4v) is 19.3. The molecule has 5 heteroatoms. The Kier molecular flexibility index (Phi) is 35.5. The van der Waals surface area contributed by atoms with Gasteiger partial charge in [-0.1, -0.05) is 123 Å². The maximum absolute atomic E-state index is 14.9. The first-order chi connectivity index (χ1) is 28.8. The molecule has 0 bridgehead atoms. The van der Waals surface area contributed by atoms with Crippen molar-refractivity contribution in [3.8, 4) is 0 Å². The van der Waals surface area contributed by atoms with E-state index in [-0.39, 0.29) is 0 Å². The molecule has 0 aromatic heterocycles. The van der Waals surface area contributed by atoms with E-state index in [9.17, 15) is 8.42 Å². The molecular weight excluding hydrogens is 760 g/mol. The van der Waals surface area contributed by atoms with E-state index >= 15 is 0 Å². The van der Waals surface area contributed by atoms with Crippen LogP contribution in [0.4, 0.5) is 0 Å². The molecule has 0 radical (unpaired) electrons. The molecule has 1 aromatic carbocycles. The third-order valence-corrected chi connectivity index (χ3v) is 23.3. The minimum absolute atomic E-state index is 0.508. The van der Waals surface area contributed by atoms with Crippen LogP contribution in [0, 0.1) is 0 Å². The summed E-state index contributed by atoms with van der Waals surface area (Å²) in [5, 5.41) is 0. The van der Waals surface area contributed by atoms with Crippen molar-refractivity contribution in [3.63, 3.8) is 0 Å². The van der Waals surface area contributed by atoms with Gasteiger partial charge in [0.2, 0.25) is 0 Å². The monoisotopic (exact) mass is 865 g/mol. The first-order valence-corrected chi connectivity index (χ1v) is 31.1. The Morgan fingerprint density at radius 3 is 1.02 bits per heavy atom. The molecule has 0 N–H and O–H groups in total. The number of hydrogen-bond acceptors (Lipinski definition) is 3. The van der Waals surface area contributed by atoms with Gasteiger partial charge in [0, 0.05) is 0 Å². The van der Waals surface area contributed by atoms with Crippen LogP contribution >= 0.6 is 6.83 Å². The van der Waals surface area contributed by atoms with Crippen LogP contribution in [-0.4, -0.2) is 33.1 Å². The number of rotatable bonds is 45. The topological polar surface area (TPSA) is 43.4 Å². The quantitative estimate of drug-likeness (QED) is 0.0485. The molecule has 350 valence electrons. The standard InChI is InChI=1S/C54H105O3PS/c1-7-13-18-20-22-24-26-28-30-32-34-36-38-40-42-45-52-46-44-48-54(53(52)47-43-41-39-37-35-33-31-29-27-25-23-21-19-14-8-2)59(55,56)57-58(12-6,49-15-9-3,50-16-10-4)51-17-11-5/h44,46,48H,7-43,45,47,49-51H2,1-6H3. The van der Waals surface area contributed by atoms with Crippen LogP contribution in [0.15, 0.2) is 23.1 Å². The molecule has 1 rings (SSSR count).